The highest BCUT2D eigenvalue weighted by molar-refractivity contribution is 7.09. The van der Waals surface area contributed by atoms with E-state index in [1.165, 1.54) is 0 Å². The lowest BCUT2D eigenvalue weighted by molar-refractivity contribution is -0.140. The van der Waals surface area contributed by atoms with Gasteiger partial charge in [-0.25, -0.2) is 4.98 Å². The number of carbonyl (C=O) groups is 1. The first-order valence-corrected chi connectivity index (χ1v) is 7.85. The fourth-order valence-corrected chi connectivity index (χ4v) is 3.23. The van der Waals surface area contributed by atoms with Gasteiger partial charge in [-0.3, -0.25) is 4.79 Å². The molecule has 118 valence electrons. The van der Waals surface area contributed by atoms with Gasteiger partial charge in [0.25, 0.3) is 0 Å². The molecule has 0 radical (unpaired) electrons. The molecule has 1 N–H and O–H groups in total. The van der Waals surface area contributed by atoms with Crippen molar-refractivity contribution in [3.8, 4) is 0 Å². The average molecular weight is 320 g/mol. The van der Waals surface area contributed by atoms with E-state index in [4.69, 9.17) is 0 Å². The van der Waals surface area contributed by atoms with Gasteiger partial charge in [-0.1, -0.05) is 13.8 Å². The van der Waals surface area contributed by atoms with Crippen molar-refractivity contribution in [1.29, 1.82) is 0 Å². The van der Waals surface area contributed by atoms with Crippen LogP contribution in [0.5, 0.6) is 0 Å². The van der Waals surface area contributed by atoms with Gasteiger partial charge in [0.1, 0.15) is 5.01 Å². The van der Waals surface area contributed by atoms with Crippen molar-refractivity contribution in [1.82, 2.24) is 10.3 Å². The number of hydrogen-bond donors (Lipinski definition) is 1. The molecule has 3 nitrogen and oxygen atoms in total. The van der Waals surface area contributed by atoms with Crippen molar-refractivity contribution < 1.29 is 18.0 Å². The van der Waals surface area contributed by atoms with Gasteiger partial charge in [0, 0.05) is 11.3 Å². The zero-order valence-corrected chi connectivity index (χ0v) is 12.9. The van der Waals surface area contributed by atoms with E-state index in [0.717, 1.165) is 42.4 Å². The number of halogens is 3. The first-order valence-electron chi connectivity index (χ1n) is 6.97. The minimum absolute atomic E-state index is 0.0277. The maximum absolute atomic E-state index is 12.4. The topological polar surface area (TPSA) is 42.0 Å². The summed E-state index contributed by atoms with van der Waals surface area (Å²) in [5.41, 5.74) is -0.607. The Bertz CT molecular complexity index is 501. The van der Waals surface area contributed by atoms with Gasteiger partial charge in [-0.05, 0) is 31.1 Å². The molecule has 0 saturated heterocycles. The number of amides is 1. The van der Waals surface area contributed by atoms with Gasteiger partial charge >= 0.3 is 6.18 Å². The van der Waals surface area contributed by atoms with Gasteiger partial charge in [0.2, 0.25) is 5.91 Å². The van der Waals surface area contributed by atoms with Gasteiger partial charge in [-0.15, -0.1) is 11.3 Å². The van der Waals surface area contributed by atoms with Crippen molar-refractivity contribution in [3.05, 3.63) is 16.1 Å². The average Bonchev–Trinajstić information content (AvgIpc) is 2.84. The summed E-state index contributed by atoms with van der Waals surface area (Å²) in [6, 6.07) is 0. The van der Waals surface area contributed by atoms with Crippen LogP contribution >= 0.6 is 11.3 Å². The van der Waals surface area contributed by atoms with Gasteiger partial charge in [-0.2, -0.15) is 13.2 Å². The van der Waals surface area contributed by atoms with Crippen LogP contribution in [0.2, 0.25) is 0 Å². The van der Waals surface area contributed by atoms with Crippen LogP contribution in [0.1, 0.15) is 50.2 Å². The van der Waals surface area contributed by atoms with Crippen LogP contribution < -0.4 is 5.32 Å². The largest absolute Gasteiger partial charge is 0.434 e. The van der Waals surface area contributed by atoms with Gasteiger partial charge in [0.15, 0.2) is 5.69 Å². The van der Waals surface area contributed by atoms with Crippen LogP contribution in [0.15, 0.2) is 5.38 Å². The number of hydrogen-bond acceptors (Lipinski definition) is 3. The molecule has 21 heavy (non-hydrogen) atoms. The molecule has 2 rings (SSSR count). The highest BCUT2D eigenvalue weighted by atomic mass is 32.1. The second-order valence-electron chi connectivity index (χ2n) is 6.28. The monoisotopic (exact) mass is 320 g/mol. The van der Waals surface area contributed by atoms with E-state index in [1.54, 1.807) is 0 Å². The Balaban J connectivity index is 1.83. The molecule has 1 aromatic rings. The van der Waals surface area contributed by atoms with Crippen molar-refractivity contribution in [2.45, 2.75) is 52.3 Å². The third-order valence-electron chi connectivity index (χ3n) is 3.97. The summed E-state index contributed by atoms with van der Waals surface area (Å²) in [4.78, 5) is 15.5. The van der Waals surface area contributed by atoms with Crippen LogP contribution in [-0.2, 0) is 17.5 Å². The lowest BCUT2D eigenvalue weighted by atomic mass is 9.73. The molecule has 0 unspecified atom stereocenters. The van der Waals surface area contributed by atoms with E-state index >= 15 is 0 Å². The molecule has 7 heteroatoms. The first-order chi connectivity index (χ1) is 9.67. The maximum Gasteiger partial charge on any atom is 0.434 e. The standard InChI is InChI=1S/C14H19F3N2OS/c1-13(2)5-3-9(4-6-13)12(20)18-7-11-19-10(8-21-11)14(15,16)17/h8-9H,3-7H2,1-2H3,(H,18,20). The highest BCUT2D eigenvalue weighted by Crippen LogP contribution is 2.38. The maximum atomic E-state index is 12.4. The SMILES string of the molecule is CC1(C)CCC(C(=O)NCc2nc(C(F)(F)F)cs2)CC1. The summed E-state index contributed by atoms with van der Waals surface area (Å²) in [6.07, 6.45) is -0.746. The number of alkyl halides is 3. The number of rotatable bonds is 3. The molecule has 1 saturated carbocycles. The molecule has 0 atom stereocenters. The van der Waals surface area contributed by atoms with E-state index in [2.05, 4.69) is 24.1 Å². The first kappa shape index (κ1) is 16.3. The zero-order chi connectivity index (χ0) is 15.7. The molecule has 1 aliphatic rings. The normalized spacial score (nSPS) is 19.5. The Labute approximate surface area is 126 Å². The van der Waals surface area contributed by atoms with Gasteiger partial charge < -0.3 is 5.32 Å². The lowest BCUT2D eigenvalue weighted by Gasteiger charge is -2.33. The van der Waals surface area contributed by atoms with E-state index in [1.807, 2.05) is 0 Å². The third-order valence-corrected chi connectivity index (χ3v) is 4.81. The van der Waals surface area contributed by atoms with E-state index in [-0.39, 0.29) is 28.8 Å². The van der Waals surface area contributed by atoms with Crippen LogP contribution in [0.3, 0.4) is 0 Å². The summed E-state index contributed by atoms with van der Waals surface area (Å²) in [5, 5.41) is 3.96. The van der Waals surface area contributed by atoms with E-state index in [9.17, 15) is 18.0 Å². The molecule has 1 heterocycles. The molecule has 0 spiro atoms. The van der Waals surface area contributed by atoms with Crippen LogP contribution in [0.25, 0.3) is 0 Å². The molecule has 1 amide bonds. The predicted molar refractivity (Wildman–Crippen MR) is 74.7 cm³/mol. The van der Waals surface area contributed by atoms with Crippen LogP contribution in [-0.4, -0.2) is 10.9 Å². The highest BCUT2D eigenvalue weighted by Gasteiger charge is 2.34. The Morgan fingerprint density at radius 3 is 2.57 bits per heavy atom. The Hall–Kier alpha value is -1.11. The molecule has 1 aliphatic carbocycles. The molecule has 1 fully saturated rings. The van der Waals surface area contributed by atoms with Crippen molar-refractivity contribution >= 4 is 17.2 Å². The minimum atomic E-state index is -4.42. The van der Waals surface area contributed by atoms with Crippen molar-refractivity contribution in [2.24, 2.45) is 11.3 Å². The second-order valence-corrected chi connectivity index (χ2v) is 7.22. The smallest absolute Gasteiger partial charge is 0.349 e. The molecule has 0 aliphatic heterocycles. The van der Waals surface area contributed by atoms with Crippen molar-refractivity contribution in [3.63, 3.8) is 0 Å². The number of nitrogens with one attached hydrogen (secondary N) is 1. The summed E-state index contributed by atoms with van der Waals surface area (Å²) in [5.74, 6) is -0.102. The molecular weight excluding hydrogens is 301 g/mol. The van der Waals surface area contributed by atoms with Gasteiger partial charge in [0.05, 0.1) is 6.54 Å². The fourth-order valence-electron chi connectivity index (χ4n) is 2.49. The molecular formula is C14H19F3N2OS. The molecule has 0 bridgehead atoms. The lowest BCUT2D eigenvalue weighted by Crippen LogP contribution is -2.34. The van der Waals surface area contributed by atoms with E-state index < -0.39 is 11.9 Å². The number of carbonyl (C=O) groups excluding carboxylic acids is 1. The number of aromatic nitrogens is 1. The Kier molecular flexibility index (Phi) is 4.60. The van der Waals surface area contributed by atoms with Crippen LogP contribution in [0, 0.1) is 11.3 Å². The number of thiazole rings is 1. The summed E-state index contributed by atoms with van der Waals surface area (Å²) < 4.78 is 37.3. The molecule has 1 aromatic heterocycles. The zero-order valence-electron chi connectivity index (χ0n) is 12.1. The fraction of sp³-hybridized carbons (Fsp3) is 0.714. The second kappa shape index (κ2) is 5.94. The summed E-state index contributed by atoms with van der Waals surface area (Å²) in [7, 11) is 0. The quantitative estimate of drug-likeness (QED) is 0.915. The van der Waals surface area contributed by atoms with Crippen LogP contribution in [0.4, 0.5) is 13.2 Å². The summed E-state index contributed by atoms with van der Waals surface area (Å²) >= 11 is 0.919. The van der Waals surface area contributed by atoms with E-state index in [0.29, 0.717) is 0 Å². The van der Waals surface area contributed by atoms with Crippen molar-refractivity contribution in [2.75, 3.05) is 0 Å². The third kappa shape index (κ3) is 4.43. The Morgan fingerprint density at radius 2 is 2.05 bits per heavy atom. The summed E-state index contributed by atoms with van der Waals surface area (Å²) in [6.45, 7) is 4.45. The Morgan fingerprint density at radius 1 is 1.43 bits per heavy atom. The predicted octanol–water partition coefficient (Wildman–Crippen LogP) is 3.99. The molecule has 0 aromatic carbocycles. The number of nitrogens with zero attached hydrogens (tertiary/aromatic N) is 1. The minimum Gasteiger partial charge on any atom is -0.349 e.